The Morgan fingerprint density at radius 2 is 2.03 bits per heavy atom. The van der Waals surface area contributed by atoms with Gasteiger partial charge in [-0.3, -0.25) is 4.79 Å². The Morgan fingerprint density at radius 1 is 1.16 bits per heavy atom. The third-order valence-electron chi connectivity index (χ3n) is 5.53. The summed E-state index contributed by atoms with van der Waals surface area (Å²) in [6, 6.07) is 9.11. The molecule has 0 aromatic carbocycles. The number of carbonyl (C=O) groups is 1. The highest BCUT2D eigenvalue weighted by Gasteiger charge is 2.38. The van der Waals surface area contributed by atoms with Gasteiger partial charge in [0.1, 0.15) is 6.04 Å². The monoisotopic (exact) mass is 427 g/mol. The molecule has 6 heterocycles. The SMILES string of the molecule is Cc1cccc2cc(C3c4nc[nH]c4CCN3C(=O)c3nnc(-c4ncccn4)o3)nn12. The zero-order valence-corrected chi connectivity index (χ0v) is 17.0. The maximum atomic E-state index is 13.5. The number of hydrogen-bond acceptors (Lipinski definition) is 8. The molecule has 1 unspecified atom stereocenters. The summed E-state index contributed by atoms with van der Waals surface area (Å²) in [4.78, 5) is 31.0. The molecule has 6 rings (SSSR count). The van der Waals surface area contributed by atoms with Gasteiger partial charge >= 0.3 is 11.8 Å². The number of amides is 1. The number of hydrogen-bond donors (Lipinski definition) is 1. The van der Waals surface area contributed by atoms with Crippen molar-refractivity contribution in [2.45, 2.75) is 19.4 Å². The molecule has 0 radical (unpaired) electrons. The summed E-state index contributed by atoms with van der Waals surface area (Å²) in [5.74, 6) is -0.172. The molecule has 1 amide bonds. The number of rotatable bonds is 3. The molecule has 5 aromatic rings. The quantitative estimate of drug-likeness (QED) is 0.462. The molecule has 0 aliphatic carbocycles. The van der Waals surface area contributed by atoms with E-state index in [2.05, 4.69) is 30.1 Å². The number of imidazole rings is 1. The Labute approximate surface area is 181 Å². The van der Waals surface area contributed by atoms with Crippen LogP contribution in [0.2, 0.25) is 0 Å². The lowest BCUT2D eigenvalue weighted by Gasteiger charge is -2.32. The molecule has 0 fully saturated rings. The van der Waals surface area contributed by atoms with E-state index in [0.717, 1.165) is 22.6 Å². The lowest BCUT2D eigenvalue weighted by molar-refractivity contribution is 0.0646. The van der Waals surface area contributed by atoms with Crippen LogP contribution < -0.4 is 0 Å². The van der Waals surface area contributed by atoms with Gasteiger partial charge < -0.3 is 14.3 Å². The first-order chi connectivity index (χ1) is 15.7. The molecule has 5 aromatic heterocycles. The normalized spacial score (nSPS) is 15.8. The van der Waals surface area contributed by atoms with E-state index in [4.69, 9.17) is 9.52 Å². The summed E-state index contributed by atoms with van der Waals surface area (Å²) in [7, 11) is 0. The van der Waals surface area contributed by atoms with Crippen LogP contribution in [0.15, 0.2) is 53.5 Å². The van der Waals surface area contributed by atoms with E-state index in [-0.39, 0.29) is 17.6 Å². The number of H-pyrrole nitrogens is 1. The zero-order chi connectivity index (χ0) is 21.7. The molecule has 0 bridgehead atoms. The van der Waals surface area contributed by atoms with Crippen molar-refractivity contribution in [3.05, 3.63) is 77.7 Å². The second-order valence-electron chi connectivity index (χ2n) is 7.48. The standard InChI is InChI=1S/C21H17N9O2/c1-12-4-2-5-13-10-15(28-30(12)13)17-16-14(24-11-25-16)6-9-29(17)21(31)20-27-26-19(32-20)18-22-7-3-8-23-18/h2-5,7-8,10-11,17H,6,9H2,1H3,(H,24,25). The highest BCUT2D eigenvalue weighted by Crippen LogP contribution is 2.34. The van der Waals surface area contributed by atoms with E-state index in [1.165, 1.54) is 0 Å². The fourth-order valence-electron chi connectivity index (χ4n) is 4.03. The Hall–Kier alpha value is -4.41. The van der Waals surface area contributed by atoms with Crippen LogP contribution in [0.25, 0.3) is 17.2 Å². The Kier molecular flexibility index (Phi) is 4.06. The van der Waals surface area contributed by atoms with Crippen LogP contribution in [0.5, 0.6) is 0 Å². The molecule has 11 heteroatoms. The Balaban J connectivity index is 1.41. The maximum Gasteiger partial charge on any atom is 0.312 e. The Morgan fingerprint density at radius 3 is 2.88 bits per heavy atom. The molecule has 1 atom stereocenters. The van der Waals surface area contributed by atoms with Crippen LogP contribution in [0.4, 0.5) is 0 Å². The average molecular weight is 427 g/mol. The molecule has 1 aliphatic heterocycles. The number of aromatic amines is 1. The summed E-state index contributed by atoms with van der Waals surface area (Å²) >= 11 is 0. The van der Waals surface area contributed by atoms with Crippen LogP contribution in [-0.4, -0.2) is 57.1 Å². The van der Waals surface area contributed by atoms with Crippen molar-refractivity contribution >= 4 is 11.4 Å². The molecule has 1 aliphatic rings. The minimum absolute atomic E-state index is 0.0892. The number of aromatic nitrogens is 8. The van der Waals surface area contributed by atoms with Gasteiger partial charge in [-0.25, -0.2) is 19.5 Å². The van der Waals surface area contributed by atoms with Gasteiger partial charge in [0, 0.05) is 36.7 Å². The fourth-order valence-corrected chi connectivity index (χ4v) is 4.03. The van der Waals surface area contributed by atoms with Crippen LogP contribution in [0.1, 0.15) is 39.5 Å². The predicted octanol–water partition coefficient (Wildman–Crippen LogP) is 1.99. The van der Waals surface area contributed by atoms with Gasteiger partial charge in [-0.15, -0.1) is 10.2 Å². The van der Waals surface area contributed by atoms with Gasteiger partial charge in [0.05, 0.1) is 23.2 Å². The summed E-state index contributed by atoms with van der Waals surface area (Å²) in [6.07, 6.45) is 5.41. The van der Waals surface area contributed by atoms with Crippen LogP contribution in [0.3, 0.4) is 0 Å². The largest absolute Gasteiger partial charge is 0.409 e. The predicted molar refractivity (Wildman–Crippen MR) is 110 cm³/mol. The first-order valence-electron chi connectivity index (χ1n) is 10.1. The van der Waals surface area contributed by atoms with Gasteiger partial charge in [0.25, 0.3) is 5.89 Å². The molecule has 158 valence electrons. The topological polar surface area (TPSA) is 131 Å². The molecular weight excluding hydrogens is 410 g/mol. The Bertz CT molecular complexity index is 1440. The molecule has 32 heavy (non-hydrogen) atoms. The van der Waals surface area contributed by atoms with Crippen molar-refractivity contribution in [3.8, 4) is 11.7 Å². The highest BCUT2D eigenvalue weighted by atomic mass is 16.4. The van der Waals surface area contributed by atoms with E-state index >= 15 is 0 Å². The van der Waals surface area contributed by atoms with Crippen LogP contribution in [-0.2, 0) is 6.42 Å². The van der Waals surface area contributed by atoms with E-state index in [9.17, 15) is 4.79 Å². The third kappa shape index (κ3) is 2.86. The minimum Gasteiger partial charge on any atom is -0.409 e. The number of pyridine rings is 1. The lowest BCUT2D eigenvalue weighted by atomic mass is 9.99. The summed E-state index contributed by atoms with van der Waals surface area (Å²) < 4.78 is 7.48. The van der Waals surface area contributed by atoms with E-state index in [1.54, 1.807) is 29.7 Å². The van der Waals surface area contributed by atoms with Crippen LogP contribution in [0, 0.1) is 6.92 Å². The number of nitrogens with zero attached hydrogens (tertiary/aromatic N) is 8. The molecule has 1 N–H and O–H groups in total. The average Bonchev–Trinajstić information content (AvgIpc) is 3.58. The van der Waals surface area contributed by atoms with E-state index in [0.29, 0.717) is 18.7 Å². The zero-order valence-electron chi connectivity index (χ0n) is 17.0. The van der Waals surface area contributed by atoms with Gasteiger partial charge in [-0.05, 0) is 31.2 Å². The summed E-state index contributed by atoms with van der Waals surface area (Å²) in [5.41, 5.74) is 4.39. The number of carbonyl (C=O) groups excluding carboxylic acids is 1. The number of nitrogens with one attached hydrogen (secondary N) is 1. The molecule has 0 spiro atoms. The van der Waals surface area contributed by atoms with Gasteiger partial charge in [-0.2, -0.15) is 5.10 Å². The van der Waals surface area contributed by atoms with Crippen molar-refractivity contribution < 1.29 is 9.21 Å². The number of fused-ring (bicyclic) bond motifs is 2. The first-order valence-corrected chi connectivity index (χ1v) is 10.1. The molecular formula is C21H17N9O2. The van der Waals surface area contributed by atoms with Gasteiger partial charge in [0.2, 0.25) is 5.82 Å². The fraction of sp³-hybridized carbons (Fsp3) is 0.190. The third-order valence-corrected chi connectivity index (χ3v) is 5.53. The van der Waals surface area contributed by atoms with E-state index < -0.39 is 11.9 Å². The number of aryl methyl sites for hydroxylation is 1. The van der Waals surface area contributed by atoms with Crippen molar-refractivity contribution in [2.75, 3.05) is 6.54 Å². The molecule has 0 saturated carbocycles. The smallest absolute Gasteiger partial charge is 0.312 e. The minimum atomic E-state index is -0.486. The lowest BCUT2D eigenvalue weighted by Crippen LogP contribution is -2.41. The maximum absolute atomic E-state index is 13.5. The van der Waals surface area contributed by atoms with Crippen molar-refractivity contribution in [1.29, 1.82) is 0 Å². The van der Waals surface area contributed by atoms with Crippen molar-refractivity contribution in [2.24, 2.45) is 0 Å². The van der Waals surface area contributed by atoms with Crippen molar-refractivity contribution in [1.82, 2.24) is 44.6 Å². The molecule has 0 saturated heterocycles. The van der Waals surface area contributed by atoms with E-state index in [1.807, 2.05) is 35.7 Å². The molecule has 11 nitrogen and oxygen atoms in total. The second-order valence-corrected chi connectivity index (χ2v) is 7.48. The summed E-state index contributed by atoms with van der Waals surface area (Å²) in [5, 5.41) is 12.7. The van der Waals surface area contributed by atoms with Crippen molar-refractivity contribution in [3.63, 3.8) is 0 Å². The van der Waals surface area contributed by atoms with Crippen LogP contribution >= 0.6 is 0 Å². The highest BCUT2D eigenvalue weighted by molar-refractivity contribution is 5.90. The second kappa shape index (κ2) is 7.08. The summed E-state index contributed by atoms with van der Waals surface area (Å²) in [6.45, 7) is 2.43. The van der Waals surface area contributed by atoms with Gasteiger partial charge in [0.15, 0.2) is 0 Å². The van der Waals surface area contributed by atoms with Gasteiger partial charge in [-0.1, -0.05) is 6.07 Å². The first kappa shape index (κ1) is 18.4.